The maximum absolute atomic E-state index is 10.7. The first kappa shape index (κ1) is 12.8. The Morgan fingerprint density at radius 2 is 1.79 bits per heavy atom. The molecule has 2 rings (SSSR count). The Bertz CT molecular complexity index is 570. The smallest absolute Gasteiger partial charge is 0.141 e. The van der Waals surface area contributed by atoms with Crippen LogP contribution in [-0.2, 0) is 11.4 Å². The lowest BCUT2D eigenvalue weighted by atomic mass is 10.0. The van der Waals surface area contributed by atoms with Gasteiger partial charge >= 0.3 is 0 Å². The second kappa shape index (κ2) is 6.36. The second-order valence-electron chi connectivity index (χ2n) is 4.09. The highest BCUT2D eigenvalue weighted by Gasteiger charge is 2.08. The molecule has 0 spiro atoms. The number of hydrogen-bond acceptors (Lipinski definition) is 3. The second-order valence-corrected chi connectivity index (χ2v) is 4.09. The molecule has 3 nitrogen and oxygen atoms in total. The van der Waals surface area contributed by atoms with E-state index in [0.717, 1.165) is 11.3 Å². The highest BCUT2D eigenvalue weighted by molar-refractivity contribution is 5.66. The zero-order valence-corrected chi connectivity index (χ0v) is 10.3. The lowest BCUT2D eigenvalue weighted by molar-refractivity contribution is -0.108. The molecule has 0 fully saturated rings. The van der Waals surface area contributed by atoms with Crippen molar-refractivity contribution in [2.75, 3.05) is 0 Å². The summed E-state index contributed by atoms with van der Waals surface area (Å²) in [6.07, 6.45) is 0.639. The van der Waals surface area contributed by atoms with Crippen LogP contribution < -0.4 is 4.74 Å². The molecular formula is C16H13NO2. The minimum absolute atomic E-state index is 0.496. The van der Waals surface area contributed by atoms with E-state index in [2.05, 4.69) is 0 Å². The molecule has 19 heavy (non-hydrogen) atoms. The molecule has 2 aromatic carbocycles. The normalized spacial score (nSPS) is 11.3. The van der Waals surface area contributed by atoms with Crippen molar-refractivity contribution in [3.63, 3.8) is 0 Å². The van der Waals surface area contributed by atoms with Gasteiger partial charge in [0.05, 0.1) is 6.07 Å². The fourth-order valence-electron chi connectivity index (χ4n) is 1.70. The summed E-state index contributed by atoms with van der Waals surface area (Å²) in [5.74, 6) is 0.0124. The van der Waals surface area contributed by atoms with Gasteiger partial charge in [-0.3, -0.25) is 0 Å². The van der Waals surface area contributed by atoms with Crippen LogP contribution >= 0.6 is 0 Å². The van der Waals surface area contributed by atoms with Crippen molar-refractivity contribution < 1.29 is 9.53 Å². The quantitative estimate of drug-likeness (QED) is 0.767. The van der Waals surface area contributed by atoms with E-state index in [1.165, 1.54) is 0 Å². The molecule has 0 aliphatic rings. The summed E-state index contributed by atoms with van der Waals surface area (Å²) in [6.45, 7) is 0.496. The first-order valence-electron chi connectivity index (χ1n) is 5.95. The summed E-state index contributed by atoms with van der Waals surface area (Å²) in [6, 6.07) is 18.8. The van der Waals surface area contributed by atoms with E-state index in [1.54, 1.807) is 24.3 Å². The van der Waals surface area contributed by atoms with E-state index >= 15 is 0 Å². The number of rotatable bonds is 5. The fourth-order valence-corrected chi connectivity index (χ4v) is 1.70. The number of carbonyl (C=O) groups is 1. The van der Waals surface area contributed by atoms with Crippen LogP contribution in [0.1, 0.15) is 17.0 Å². The number of carbonyl (C=O) groups excluding carboxylic acids is 1. The van der Waals surface area contributed by atoms with Gasteiger partial charge in [-0.15, -0.1) is 0 Å². The lowest BCUT2D eigenvalue weighted by Crippen LogP contribution is -1.98. The van der Waals surface area contributed by atoms with Crippen molar-refractivity contribution in [2.24, 2.45) is 0 Å². The summed E-state index contributed by atoms with van der Waals surface area (Å²) in [4.78, 5) is 10.7. The first-order valence-corrected chi connectivity index (χ1v) is 5.95. The predicted molar refractivity (Wildman–Crippen MR) is 71.6 cm³/mol. The van der Waals surface area contributed by atoms with Gasteiger partial charge in [0.15, 0.2) is 0 Å². The summed E-state index contributed by atoms with van der Waals surface area (Å²) < 4.78 is 5.62. The molecule has 1 atom stereocenters. The van der Waals surface area contributed by atoms with Crippen LogP contribution in [0.5, 0.6) is 5.75 Å². The standard InChI is InChI=1S/C16H13NO2/c17-10-15(11-18)14-6-8-16(9-7-14)19-12-13-4-2-1-3-5-13/h1-9,11,15H,12H2/t15-/m1/s1. The Balaban J connectivity index is 2.00. The molecule has 0 heterocycles. The van der Waals surface area contributed by atoms with E-state index in [1.807, 2.05) is 36.4 Å². The fraction of sp³-hybridized carbons (Fsp3) is 0.125. The van der Waals surface area contributed by atoms with Crippen LogP contribution in [0, 0.1) is 11.3 Å². The lowest BCUT2D eigenvalue weighted by Gasteiger charge is -2.07. The number of nitriles is 1. The average Bonchev–Trinajstić information content (AvgIpc) is 2.49. The van der Waals surface area contributed by atoms with E-state index in [4.69, 9.17) is 10.00 Å². The van der Waals surface area contributed by atoms with Crippen molar-refractivity contribution in [1.82, 2.24) is 0 Å². The molecule has 94 valence electrons. The van der Waals surface area contributed by atoms with Crippen molar-refractivity contribution in [3.8, 4) is 11.8 Å². The van der Waals surface area contributed by atoms with Crippen LogP contribution in [0.4, 0.5) is 0 Å². The molecular weight excluding hydrogens is 238 g/mol. The Hall–Kier alpha value is -2.60. The Kier molecular flexibility index (Phi) is 4.30. The highest BCUT2D eigenvalue weighted by atomic mass is 16.5. The number of nitrogens with zero attached hydrogens (tertiary/aromatic N) is 1. The van der Waals surface area contributed by atoms with Crippen LogP contribution in [0.15, 0.2) is 54.6 Å². The third-order valence-electron chi connectivity index (χ3n) is 2.76. The Morgan fingerprint density at radius 1 is 1.11 bits per heavy atom. The third-order valence-corrected chi connectivity index (χ3v) is 2.76. The van der Waals surface area contributed by atoms with Gasteiger partial charge < -0.3 is 9.53 Å². The van der Waals surface area contributed by atoms with Gasteiger partial charge in [0.2, 0.25) is 0 Å². The van der Waals surface area contributed by atoms with Crippen molar-refractivity contribution in [1.29, 1.82) is 5.26 Å². The third kappa shape index (κ3) is 3.43. The predicted octanol–water partition coefficient (Wildman–Crippen LogP) is 3.07. The number of aldehydes is 1. The largest absolute Gasteiger partial charge is 0.489 e. The molecule has 0 N–H and O–H groups in total. The monoisotopic (exact) mass is 251 g/mol. The van der Waals surface area contributed by atoms with E-state index in [9.17, 15) is 4.79 Å². The minimum Gasteiger partial charge on any atom is -0.489 e. The average molecular weight is 251 g/mol. The van der Waals surface area contributed by atoms with Crippen LogP contribution in [-0.4, -0.2) is 6.29 Å². The van der Waals surface area contributed by atoms with Crippen molar-refractivity contribution >= 4 is 6.29 Å². The van der Waals surface area contributed by atoms with Gasteiger partial charge in [-0.2, -0.15) is 5.26 Å². The summed E-state index contributed by atoms with van der Waals surface area (Å²) >= 11 is 0. The van der Waals surface area contributed by atoms with Gasteiger partial charge in [0, 0.05) is 0 Å². The van der Waals surface area contributed by atoms with E-state index < -0.39 is 5.92 Å². The summed E-state index contributed by atoms with van der Waals surface area (Å²) in [7, 11) is 0. The van der Waals surface area contributed by atoms with E-state index in [-0.39, 0.29) is 0 Å². The zero-order valence-electron chi connectivity index (χ0n) is 10.3. The summed E-state index contributed by atoms with van der Waals surface area (Å²) in [5.41, 5.74) is 1.78. The number of ether oxygens (including phenoxy) is 1. The van der Waals surface area contributed by atoms with Crippen molar-refractivity contribution in [3.05, 3.63) is 65.7 Å². The highest BCUT2D eigenvalue weighted by Crippen LogP contribution is 2.18. The Labute approximate surface area is 112 Å². The molecule has 0 aliphatic heterocycles. The first-order chi connectivity index (χ1) is 9.33. The molecule has 0 aliphatic carbocycles. The molecule has 0 saturated heterocycles. The SMILES string of the molecule is N#C[C@H](C=O)c1ccc(OCc2ccccc2)cc1. The van der Waals surface area contributed by atoms with E-state index in [0.29, 0.717) is 18.5 Å². The zero-order chi connectivity index (χ0) is 13.5. The molecule has 0 bridgehead atoms. The van der Waals surface area contributed by atoms with Crippen LogP contribution in [0.25, 0.3) is 0 Å². The van der Waals surface area contributed by atoms with Gasteiger partial charge in [-0.25, -0.2) is 0 Å². The molecule has 3 heteroatoms. The van der Waals surface area contributed by atoms with Crippen molar-refractivity contribution in [2.45, 2.75) is 12.5 Å². The minimum atomic E-state index is -0.705. The Morgan fingerprint density at radius 3 is 2.37 bits per heavy atom. The number of benzene rings is 2. The van der Waals surface area contributed by atoms with Crippen LogP contribution in [0.2, 0.25) is 0 Å². The van der Waals surface area contributed by atoms with Crippen LogP contribution in [0.3, 0.4) is 0 Å². The molecule has 0 radical (unpaired) electrons. The molecule has 0 amide bonds. The number of hydrogen-bond donors (Lipinski definition) is 0. The molecule has 0 aromatic heterocycles. The summed E-state index contributed by atoms with van der Waals surface area (Å²) in [5, 5.41) is 8.79. The van der Waals surface area contributed by atoms with Gasteiger partial charge in [0.1, 0.15) is 24.6 Å². The molecule has 0 saturated carbocycles. The van der Waals surface area contributed by atoms with Gasteiger partial charge in [-0.05, 0) is 23.3 Å². The van der Waals surface area contributed by atoms with Gasteiger partial charge in [0.25, 0.3) is 0 Å². The maximum atomic E-state index is 10.7. The maximum Gasteiger partial charge on any atom is 0.141 e. The van der Waals surface area contributed by atoms with Gasteiger partial charge in [-0.1, -0.05) is 42.5 Å². The molecule has 2 aromatic rings. The topological polar surface area (TPSA) is 50.1 Å². The molecule has 0 unspecified atom stereocenters.